The minimum Gasteiger partial charge on any atom is -0.396 e. The lowest BCUT2D eigenvalue weighted by molar-refractivity contribution is -0.0457. The summed E-state index contributed by atoms with van der Waals surface area (Å²) < 4.78 is 5.85. The molecule has 20 heavy (non-hydrogen) atoms. The summed E-state index contributed by atoms with van der Waals surface area (Å²) in [6.07, 6.45) is 2.13. The van der Waals surface area contributed by atoms with E-state index in [1.165, 1.54) is 16.7 Å². The van der Waals surface area contributed by atoms with Crippen molar-refractivity contribution in [3.05, 3.63) is 60.2 Å². The molecule has 2 nitrogen and oxygen atoms in total. The third-order valence-corrected chi connectivity index (χ3v) is 4.03. The Morgan fingerprint density at radius 1 is 0.950 bits per heavy atom. The van der Waals surface area contributed by atoms with Gasteiger partial charge in [0.1, 0.15) is 0 Å². The van der Waals surface area contributed by atoms with Gasteiger partial charge >= 0.3 is 0 Å². The van der Waals surface area contributed by atoms with E-state index in [4.69, 9.17) is 4.74 Å². The first-order chi connectivity index (χ1) is 9.88. The molecule has 2 aromatic rings. The van der Waals surface area contributed by atoms with Crippen molar-refractivity contribution in [2.75, 3.05) is 13.2 Å². The van der Waals surface area contributed by atoms with Gasteiger partial charge in [0.15, 0.2) is 0 Å². The Hall–Kier alpha value is -1.64. The molecule has 1 aliphatic rings. The average molecular weight is 268 g/mol. The van der Waals surface area contributed by atoms with Crippen molar-refractivity contribution in [1.29, 1.82) is 0 Å². The number of aliphatic hydroxyl groups is 1. The quantitative estimate of drug-likeness (QED) is 0.917. The molecule has 0 amide bonds. The molecule has 0 aromatic heterocycles. The maximum atomic E-state index is 9.48. The molecule has 1 saturated heterocycles. The highest BCUT2D eigenvalue weighted by atomic mass is 16.5. The van der Waals surface area contributed by atoms with Crippen LogP contribution in [-0.2, 0) is 4.74 Å². The Kier molecular flexibility index (Phi) is 4.14. The van der Waals surface area contributed by atoms with Gasteiger partial charge in [0.05, 0.1) is 6.10 Å². The van der Waals surface area contributed by atoms with Crippen LogP contribution in [0.3, 0.4) is 0 Å². The second kappa shape index (κ2) is 6.21. The first-order valence-corrected chi connectivity index (χ1v) is 7.26. The van der Waals surface area contributed by atoms with E-state index in [2.05, 4.69) is 48.5 Å². The van der Waals surface area contributed by atoms with E-state index in [0.717, 1.165) is 19.4 Å². The first-order valence-electron chi connectivity index (χ1n) is 7.26. The second-order valence-corrected chi connectivity index (χ2v) is 5.36. The van der Waals surface area contributed by atoms with Crippen molar-refractivity contribution in [3.8, 4) is 11.1 Å². The molecule has 1 N–H and O–H groups in total. The third-order valence-electron chi connectivity index (χ3n) is 4.03. The lowest BCUT2D eigenvalue weighted by Crippen LogP contribution is -2.25. The Morgan fingerprint density at radius 3 is 2.35 bits per heavy atom. The van der Waals surface area contributed by atoms with Crippen LogP contribution in [0.1, 0.15) is 24.5 Å². The zero-order valence-corrected chi connectivity index (χ0v) is 11.5. The lowest BCUT2D eigenvalue weighted by Gasteiger charge is -2.30. The monoisotopic (exact) mass is 268 g/mol. The lowest BCUT2D eigenvalue weighted by atomic mass is 9.89. The highest BCUT2D eigenvalue weighted by molar-refractivity contribution is 5.63. The number of rotatable bonds is 3. The van der Waals surface area contributed by atoms with Gasteiger partial charge in [-0.2, -0.15) is 0 Å². The van der Waals surface area contributed by atoms with E-state index in [1.807, 2.05) is 6.07 Å². The van der Waals surface area contributed by atoms with E-state index < -0.39 is 0 Å². The average Bonchev–Trinajstić information content (AvgIpc) is 2.56. The van der Waals surface area contributed by atoms with Gasteiger partial charge in [-0.05, 0) is 29.5 Å². The largest absolute Gasteiger partial charge is 0.396 e. The van der Waals surface area contributed by atoms with Crippen molar-refractivity contribution in [2.24, 2.45) is 5.92 Å². The Labute approximate surface area is 120 Å². The van der Waals surface area contributed by atoms with Crippen LogP contribution < -0.4 is 0 Å². The van der Waals surface area contributed by atoms with Crippen molar-refractivity contribution >= 4 is 0 Å². The molecule has 2 heteroatoms. The standard InChI is InChI=1S/C18H20O2/c19-13-17-7-4-12-20-18(17)16-10-8-15(9-11-16)14-5-2-1-3-6-14/h1-3,5-6,8-11,17-19H,4,7,12-13H2. The van der Waals surface area contributed by atoms with Gasteiger partial charge in [0.25, 0.3) is 0 Å². The fourth-order valence-electron chi connectivity index (χ4n) is 2.89. The summed E-state index contributed by atoms with van der Waals surface area (Å²) in [7, 11) is 0. The minimum atomic E-state index is 0.0403. The Balaban J connectivity index is 1.82. The van der Waals surface area contributed by atoms with Gasteiger partial charge in [-0.15, -0.1) is 0 Å². The molecule has 2 aromatic carbocycles. The molecular weight excluding hydrogens is 248 g/mol. The fourth-order valence-corrected chi connectivity index (χ4v) is 2.89. The van der Waals surface area contributed by atoms with E-state index in [-0.39, 0.29) is 18.6 Å². The van der Waals surface area contributed by atoms with Crippen LogP contribution in [0.2, 0.25) is 0 Å². The zero-order valence-electron chi connectivity index (χ0n) is 11.5. The van der Waals surface area contributed by atoms with E-state index in [0.29, 0.717) is 0 Å². The SMILES string of the molecule is OCC1CCCOC1c1ccc(-c2ccccc2)cc1. The number of aliphatic hydroxyl groups excluding tert-OH is 1. The van der Waals surface area contributed by atoms with Crippen LogP contribution in [0, 0.1) is 5.92 Å². The molecule has 0 aliphatic carbocycles. The van der Waals surface area contributed by atoms with Gasteiger partial charge in [0, 0.05) is 19.1 Å². The zero-order chi connectivity index (χ0) is 13.8. The third kappa shape index (κ3) is 2.77. The van der Waals surface area contributed by atoms with Gasteiger partial charge < -0.3 is 9.84 Å². The number of ether oxygens (including phenoxy) is 1. The molecule has 0 bridgehead atoms. The van der Waals surface area contributed by atoms with Crippen molar-refractivity contribution < 1.29 is 9.84 Å². The summed E-state index contributed by atoms with van der Waals surface area (Å²) in [5.41, 5.74) is 3.61. The Morgan fingerprint density at radius 2 is 1.65 bits per heavy atom. The number of hydrogen-bond acceptors (Lipinski definition) is 2. The molecule has 2 atom stereocenters. The topological polar surface area (TPSA) is 29.5 Å². The fraction of sp³-hybridized carbons (Fsp3) is 0.333. The molecule has 0 spiro atoms. The predicted octanol–water partition coefficient (Wildman–Crippen LogP) is 3.81. The summed E-state index contributed by atoms with van der Waals surface area (Å²) in [5, 5.41) is 9.48. The molecule has 1 heterocycles. The number of hydrogen-bond donors (Lipinski definition) is 1. The van der Waals surface area contributed by atoms with E-state index in [9.17, 15) is 5.11 Å². The van der Waals surface area contributed by atoms with Crippen LogP contribution >= 0.6 is 0 Å². The molecule has 1 aliphatic heterocycles. The summed E-state index contributed by atoms with van der Waals surface area (Å²) in [6.45, 7) is 0.993. The van der Waals surface area contributed by atoms with E-state index >= 15 is 0 Å². The van der Waals surface area contributed by atoms with Crippen molar-refractivity contribution in [1.82, 2.24) is 0 Å². The van der Waals surface area contributed by atoms with Crippen molar-refractivity contribution in [3.63, 3.8) is 0 Å². The summed E-state index contributed by atoms with van der Waals surface area (Å²) in [6, 6.07) is 18.9. The molecule has 3 rings (SSSR count). The maximum Gasteiger partial charge on any atom is 0.0874 e. The van der Waals surface area contributed by atoms with Crippen LogP contribution in [0.4, 0.5) is 0 Å². The maximum absolute atomic E-state index is 9.48. The number of benzene rings is 2. The molecule has 104 valence electrons. The predicted molar refractivity (Wildman–Crippen MR) is 80.4 cm³/mol. The van der Waals surface area contributed by atoms with Crippen LogP contribution in [0.15, 0.2) is 54.6 Å². The summed E-state index contributed by atoms with van der Waals surface area (Å²) in [5.74, 6) is 0.228. The summed E-state index contributed by atoms with van der Waals surface area (Å²) >= 11 is 0. The highest BCUT2D eigenvalue weighted by Crippen LogP contribution is 2.34. The molecule has 0 radical (unpaired) electrons. The van der Waals surface area contributed by atoms with Gasteiger partial charge in [-0.3, -0.25) is 0 Å². The van der Waals surface area contributed by atoms with Gasteiger partial charge in [-0.25, -0.2) is 0 Å². The van der Waals surface area contributed by atoms with Crippen LogP contribution in [0.25, 0.3) is 11.1 Å². The second-order valence-electron chi connectivity index (χ2n) is 5.36. The molecular formula is C18H20O2. The highest BCUT2D eigenvalue weighted by Gasteiger charge is 2.26. The Bertz CT molecular complexity index is 533. The molecule has 1 fully saturated rings. The smallest absolute Gasteiger partial charge is 0.0874 e. The molecule has 0 saturated carbocycles. The van der Waals surface area contributed by atoms with Crippen molar-refractivity contribution in [2.45, 2.75) is 18.9 Å². The molecule has 2 unspecified atom stereocenters. The van der Waals surface area contributed by atoms with E-state index in [1.54, 1.807) is 0 Å². The van der Waals surface area contributed by atoms with Gasteiger partial charge in [-0.1, -0.05) is 54.6 Å². The normalized spacial score (nSPS) is 22.6. The van der Waals surface area contributed by atoms with Crippen LogP contribution in [0.5, 0.6) is 0 Å². The minimum absolute atomic E-state index is 0.0403. The van der Waals surface area contributed by atoms with Gasteiger partial charge in [0.2, 0.25) is 0 Å². The van der Waals surface area contributed by atoms with Crippen LogP contribution in [-0.4, -0.2) is 18.3 Å². The first kappa shape index (κ1) is 13.3. The summed E-state index contributed by atoms with van der Waals surface area (Å²) in [4.78, 5) is 0.